The van der Waals surface area contributed by atoms with Gasteiger partial charge in [-0.1, -0.05) is 0 Å². The lowest BCUT2D eigenvalue weighted by Crippen LogP contribution is -2.42. The van der Waals surface area contributed by atoms with Crippen LogP contribution < -0.4 is 5.41 Å². The molecule has 0 bridgehead atoms. The van der Waals surface area contributed by atoms with E-state index in [1.165, 1.54) is 0 Å². The van der Waals surface area contributed by atoms with Gasteiger partial charge in [0, 0.05) is 0 Å². The van der Waals surface area contributed by atoms with E-state index in [0.29, 0.717) is 6.61 Å². The van der Waals surface area contributed by atoms with Crippen molar-refractivity contribution < 1.29 is 20.0 Å². The Bertz CT molecular complexity index is 121. The molecule has 4 heteroatoms. The molecule has 0 fully saturated rings. The Morgan fingerprint density at radius 2 is 2.33 bits per heavy atom. The number of aliphatic carboxylic acids is 1. The molecule has 0 aromatic rings. The third kappa shape index (κ3) is 4.80. The van der Waals surface area contributed by atoms with Gasteiger partial charge in [-0.3, -0.25) is 4.79 Å². The summed E-state index contributed by atoms with van der Waals surface area (Å²) in [5.41, 5.74) is 0. The minimum Gasteiger partial charge on any atom is -0.481 e. The van der Waals surface area contributed by atoms with Crippen LogP contribution >= 0.6 is 0 Å². The van der Waals surface area contributed by atoms with Gasteiger partial charge in [0.25, 0.3) is 0 Å². The number of carboxylic acid groups (broad SMARTS) is 1. The molecule has 0 aliphatic rings. The van der Waals surface area contributed by atoms with E-state index in [4.69, 9.17) is 10.5 Å². The van der Waals surface area contributed by atoms with Crippen molar-refractivity contribution in [1.82, 2.24) is 0 Å². The van der Waals surface area contributed by atoms with E-state index < -0.39 is 5.97 Å². The number of nitrogens with two attached hydrogens (primary N) is 1. The monoisotopic (exact) mass is 132 g/mol. The fourth-order valence-electron chi connectivity index (χ4n) is 0.385. The lowest BCUT2D eigenvalue weighted by Gasteiger charge is -1.93. The Balaban J connectivity index is 3.39. The number of carboxylic acids is 1. The van der Waals surface area contributed by atoms with Crippen LogP contribution in [0.2, 0.25) is 0 Å². The molecule has 0 aromatic carbocycles. The van der Waals surface area contributed by atoms with Crippen LogP contribution in [-0.2, 0) is 9.53 Å². The van der Waals surface area contributed by atoms with E-state index in [0.717, 1.165) is 0 Å². The van der Waals surface area contributed by atoms with Crippen molar-refractivity contribution in [3.05, 3.63) is 0 Å². The molecular weight excluding hydrogens is 122 g/mol. The van der Waals surface area contributed by atoms with Crippen molar-refractivity contribution in [2.24, 2.45) is 0 Å². The smallest absolute Gasteiger partial charge is 0.344 e. The van der Waals surface area contributed by atoms with Crippen molar-refractivity contribution in [3.8, 4) is 0 Å². The predicted molar refractivity (Wildman–Crippen MR) is 30.8 cm³/mol. The molecule has 9 heavy (non-hydrogen) atoms. The molecule has 0 saturated heterocycles. The van der Waals surface area contributed by atoms with Gasteiger partial charge in [-0.15, -0.1) is 0 Å². The van der Waals surface area contributed by atoms with Crippen molar-refractivity contribution >= 4 is 11.9 Å². The molecule has 0 aliphatic heterocycles. The summed E-state index contributed by atoms with van der Waals surface area (Å²) in [5.74, 6) is -0.911. The van der Waals surface area contributed by atoms with E-state index in [9.17, 15) is 4.79 Å². The van der Waals surface area contributed by atoms with Crippen molar-refractivity contribution in [1.29, 1.82) is 0 Å². The molecule has 4 nitrogen and oxygen atoms in total. The largest absolute Gasteiger partial charge is 0.481 e. The van der Waals surface area contributed by atoms with Gasteiger partial charge in [0.15, 0.2) is 6.42 Å². The van der Waals surface area contributed by atoms with Crippen molar-refractivity contribution in [2.75, 3.05) is 6.61 Å². The van der Waals surface area contributed by atoms with Gasteiger partial charge in [-0.2, -0.15) is 0 Å². The normalized spacial score (nSPS) is 8.56. The standard InChI is InChI=1S/C5H9NO3/c1-2-9-4(6)3-5(7)8/h6H,2-3H2,1H3,(H,7,8)/p+1. The molecule has 0 spiro atoms. The van der Waals surface area contributed by atoms with Gasteiger partial charge in [0.2, 0.25) is 0 Å². The number of ether oxygens (including phenoxy) is 1. The molecule has 0 radical (unpaired) electrons. The third-order valence-electron chi connectivity index (χ3n) is 0.655. The van der Waals surface area contributed by atoms with Gasteiger partial charge in [-0.05, 0) is 6.92 Å². The third-order valence-corrected chi connectivity index (χ3v) is 0.655. The van der Waals surface area contributed by atoms with E-state index in [1.54, 1.807) is 6.92 Å². The number of hydrogen-bond donors (Lipinski definition) is 2. The molecular formula is C5H10NO3+. The van der Waals surface area contributed by atoms with Gasteiger partial charge < -0.3 is 9.84 Å². The highest BCUT2D eigenvalue weighted by molar-refractivity contribution is 5.90. The van der Waals surface area contributed by atoms with Crippen LogP contribution in [0.5, 0.6) is 0 Å². The summed E-state index contributed by atoms with van der Waals surface area (Å²) in [5, 5.41) is 13.2. The van der Waals surface area contributed by atoms with Gasteiger partial charge >= 0.3 is 11.9 Å². The summed E-state index contributed by atoms with van der Waals surface area (Å²) >= 11 is 0. The van der Waals surface area contributed by atoms with Crippen LogP contribution in [0.4, 0.5) is 0 Å². The van der Waals surface area contributed by atoms with Crippen LogP contribution in [0, 0.1) is 0 Å². The Hall–Kier alpha value is -1.06. The Morgan fingerprint density at radius 3 is 2.67 bits per heavy atom. The summed E-state index contributed by atoms with van der Waals surface area (Å²) in [7, 11) is 0. The zero-order valence-corrected chi connectivity index (χ0v) is 5.26. The van der Waals surface area contributed by atoms with E-state index in [2.05, 4.69) is 4.74 Å². The maximum absolute atomic E-state index is 9.90. The summed E-state index contributed by atoms with van der Waals surface area (Å²) in [6.45, 7) is 2.16. The van der Waals surface area contributed by atoms with Crippen LogP contribution in [-0.4, -0.2) is 23.6 Å². The lowest BCUT2D eigenvalue weighted by molar-refractivity contribution is -0.150. The van der Waals surface area contributed by atoms with Crippen LogP contribution in [0.1, 0.15) is 13.3 Å². The van der Waals surface area contributed by atoms with Crippen molar-refractivity contribution in [3.63, 3.8) is 0 Å². The maximum Gasteiger partial charge on any atom is 0.344 e. The van der Waals surface area contributed by atoms with E-state index >= 15 is 0 Å². The molecule has 0 aromatic heterocycles. The number of hydrogen-bond acceptors (Lipinski definition) is 2. The molecule has 0 heterocycles. The second kappa shape index (κ2) is 3.88. The molecule has 0 saturated carbocycles. The fourth-order valence-corrected chi connectivity index (χ4v) is 0.385. The van der Waals surface area contributed by atoms with Gasteiger partial charge in [0.05, 0.1) is 6.61 Å². The first-order valence-electron chi connectivity index (χ1n) is 2.62. The zero-order chi connectivity index (χ0) is 7.28. The highest BCUT2D eigenvalue weighted by Crippen LogP contribution is 1.81. The minimum atomic E-state index is -0.971. The Labute approximate surface area is 53.0 Å². The Kier molecular flexibility index (Phi) is 3.43. The molecule has 3 N–H and O–H groups in total. The average Bonchev–Trinajstić information content (AvgIpc) is 1.63. The van der Waals surface area contributed by atoms with E-state index in [1.807, 2.05) is 0 Å². The van der Waals surface area contributed by atoms with Crippen LogP contribution in [0.25, 0.3) is 0 Å². The highest BCUT2D eigenvalue weighted by Gasteiger charge is 2.07. The van der Waals surface area contributed by atoms with Crippen LogP contribution in [0.15, 0.2) is 0 Å². The number of carbonyl (C=O) groups is 1. The second-order valence-corrected chi connectivity index (χ2v) is 1.47. The summed E-state index contributed by atoms with van der Waals surface area (Å²) in [6.07, 6.45) is -0.214. The maximum atomic E-state index is 9.90. The topological polar surface area (TPSA) is 72.1 Å². The first-order valence-corrected chi connectivity index (χ1v) is 2.62. The molecule has 0 amide bonds. The second-order valence-electron chi connectivity index (χ2n) is 1.47. The molecule has 0 aliphatic carbocycles. The highest BCUT2D eigenvalue weighted by atomic mass is 16.5. The first kappa shape index (κ1) is 7.94. The SMILES string of the molecule is CCOC(=[NH2+])CC(=O)O. The van der Waals surface area contributed by atoms with E-state index in [-0.39, 0.29) is 12.3 Å². The van der Waals surface area contributed by atoms with Gasteiger partial charge in [-0.25, -0.2) is 5.41 Å². The lowest BCUT2D eigenvalue weighted by atomic mass is 10.4. The fraction of sp³-hybridized carbons (Fsp3) is 0.600. The average molecular weight is 132 g/mol. The summed E-state index contributed by atoms with van der Waals surface area (Å²) in [4.78, 5) is 9.90. The summed E-state index contributed by atoms with van der Waals surface area (Å²) in [6, 6.07) is 0. The Morgan fingerprint density at radius 1 is 1.78 bits per heavy atom. The first-order chi connectivity index (χ1) is 4.16. The zero-order valence-electron chi connectivity index (χ0n) is 5.26. The predicted octanol–water partition coefficient (Wildman–Crippen LogP) is -1.34. The van der Waals surface area contributed by atoms with Crippen molar-refractivity contribution in [2.45, 2.75) is 13.3 Å². The molecule has 0 rings (SSSR count). The van der Waals surface area contributed by atoms with Gasteiger partial charge in [0.1, 0.15) is 0 Å². The minimum absolute atomic E-state index is 0.0602. The molecule has 0 atom stereocenters. The van der Waals surface area contributed by atoms with Crippen LogP contribution in [0.3, 0.4) is 0 Å². The molecule has 52 valence electrons. The summed E-state index contributed by atoms with van der Waals surface area (Å²) < 4.78 is 4.67. The molecule has 0 unspecified atom stereocenters. The number of rotatable bonds is 3. The quantitative estimate of drug-likeness (QED) is 0.368.